The number of fused-ring (bicyclic) bond motifs is 7. The van der Waals surface area contributed by atoms with Crippen LogP contribution in [0.3, 0.4) is 0 Å². The van der Waals surface area contributed by atoms with Crippen molar-refractivity contribution in [3.8, 4) is 0 Å². The van der Waals surface area contributed by atoms with E-state index in [-0.39, 0.29) is 1.43 Å². The van der Waals surface area contributed by atoms with E-state index in [9.17, 15) is 0 Å². The average Bonchev–Trinajstić information content (AvgIpc) is 3.42. The van der Waals surface area contributed by atoms with Crippen LogP contribution in [0.5, 0.6) is 0 Å². The summed E-state index contributed by atoms with van der Waals surface area (Å²) in [6.45, 7) is 3.45. The minimum Gasteiger partial charge on any atom is -0.355 e. The molecule has 1 spiro atoms. The molecule has 2 nitrogen and oxygen atoms in total. The topological polar surface area (TPSA) is 19.0 Å². The van der Waals surface area contributed by atoms with Crippen LogP contribution in [0.4, 0.5) is 0 Å². The number of nitrogens with one attached hydrogen (secondary N) is 1. The van der Waals surface area contributed by atoms with Gasteiger partial charge in [0.25, 0.3) is 0 Å². The Morgan fingerprint density at radius 3 is 2.73 bits per heavy atom. The molecule has 2 aromatic carbocycles. The van der Waals surface area contributed by atoms with Crippen LogP contribution >= 0.6 is 0 Å². The van der Waals surface area contributed by atoms with E-state index in [1.165, 1.54) is 66.1 Å². The molecular weight excluding hydrogens is 364 g/mol. The Balaban J connectivity index is 0.00000185. The van der Waals surface area contributed by atoms with E-state index < -0.39 is 0 Å². The summed E-state index contributed by atoms with van der Waals surface area (Å²) < 4.78 is 0. The highest BCUT2D eigenvalue weighted by molar-refractivity contribution is 6.07. The molecule has 3 aliphatic carbocycles. The molecule has 0 amide bonds. The van der Waals surface area contributed by atoms with Gasteiger partial charge in [0.15, 0.2) is 0 Å². The maximum absolute atomic E-state index is 3.55. The Morgan fingerprint density at radius 1 is 0.967 bits per heavy atom. The molecule has 0 radical (unpaired) electrons. The number of allylic oxidation sites excluding steroid dienone is 6. The van der Waals surface area contributed by atoms with Crippen molar-refractivity contribution in [1.29, 1.82) is 0 Å². The number of aromatic amines is 1. The lowest BCUT2D eigenvalue weighted by atomic mass is 9.67. The Hall–Kier alpha value is -2.58. The molecule has 4 aliphatic rings. The van der Waals surface area contributed by atoms with Crippen LogP contribution in [0.1, 0.15) is 32.7 Å². The van der Waals surface area contributed by atoms with Crippen LogP contribution in [0.25, 0.3) is 21.8 Å². The van der Waals surface area contributed by atoms with E-state index in [0.29, 0.717) is 5.41 Å². The summed E-state index contributed by atoms with van der Waals surface area (Å²) in [7, 11) is 0. The number of hydrogen-bond donors (Lipinski definition) is 1. The van der Waals surface area contributed by atoms with Crippen molar-refractivity contribution in [2.75, 3.05) is 13.1 Å². The second-order valence-electron chi connectivity index (χ2n) is 9.99. The van der Waals surface area contributed by atoms with Crippen LogP contribution in [0.15, 0.2) is 77.9 Å². The summed E-state index contributed by atoms with van der Waals surface area (Å²) in [4.78, 5) is 6.21. The van der Waals surface area contributed by atoms with Gasteiger partial charge in [-0.25, -0.2) is 0 Å². The van der Waals surface area contributed by atoms with Gasteiger partial charge in [0.05, 0.1) is 0 Å². The van der Waals surface area contributed by atoms with Gasteiger partial charge in [-0.05, 0) is 79.9 Å². The van der Waals surface area contributed by atoms with Crippen molar-refractivity contribution in [3.63, 3.8) is 0 Å². The van der Waals surface area contributed by atoms with Gasteiger partial charge < -0.3 is 4.98 Å². The highest BCUT2D eigenvalue weighted by atomic mass is 15.1. The zero-order valence-corrected chi connectivity index (χ0v) is 17.4. The van der Waals surface area contributed by atoms with Crippen molar-refractivity contribution in [2.45, 2.75) is 32.2 Å². The molecule has 2 unspecified atom stereocenters. The fourth-order valence-corrected chi connectivity index (χ4v) is 6.17. The third kappa shape index (κ3) is 2.66. The smallest absolute Gasteiger partial charge is 0.0465 e. The summed E-state index contributed by atoms with van der Waals surface area (Å²) in [6.07, 6.45) is 15.4. The Bertz CT molecular complexity index is 1250. The van der Waals surface area contributed by atoms with Gasteiger partial charge in [0.1, 0.15) is 0 Å². The summed E-state index contributed by atoms with van der Waals surface area (Å²) in [6, 6.07) is 15.6. The molecule has 2 atom stereocenters. The Labute approximate surface area is 179 Å². The van der Waals surface area contributed by atoms with Gasteiger partial charge in [-0.2, -0.15) is 0 Å². The third-order valence-corrected chi connectivity index (χ3v) is 8.11. The van der Waals surface area contributed by atoms with Crippen molar-refractivity contribution >= 4 is 21.8 Å². The third-order valence-electron chi connectivity index (χ3n) is 8.11. The molecule has 1 aromatic heterocycles. The number of aromatic nitrogens is 1. The normalized spacial score (nSPS) is 27.1. The molecule has 1 saturated carbocycles. The highest BCUT2D eigenvalue weighted by Gasteiger charge is 2.43. The standard InChI is InChI=1S/C28H28N2.H2/c1-2-4-26-24(3-1)25-15-20(5-6-27(25)29-26)18-30-11-9-28(10-12-30)8-7-19-13-21-16-22(21)17-23(28)14-19;/h1-8,13,15,17,21-22,29H,9-12,14,16,18H2;1H. The minimum absolute atomic E-state index is 0. The molecule has 1 aliphatic heterocycles. The molecule has 3 aromatic rings. The zero-order valence-electron chi connectivity index (χ0n) is 17.4. The largest absolute Gasteiger partial charge is 0.355 e. The first-order valence-electron chi connectivity index (χ1n) is 11.6. The zero-order chi connectivity index (χ0) is 19.7. The van der Waals surface area contributed by atoms with Crippen LogP contribution in [-0.4, -0.2) is 23.0 Å². The van der Waals surface area contributed by atoms with Crippen LogP contribution in [0, 0.1) is 17.3 Å². The number of H-pyrrole nitrogens is 1. The quantitative estimate of drug-likeness (QED) is 0.484. The molecule has 152 valence electrons. The number of nitrogens with zero attached hydrogens (tertiary/aromatic N) is 1. The molecular formula is C28H30N2. The first kappa shape index (κ1) is 17.1. The fourth-order valence-electron chi connectivity index (χ4n) is 6.17. The van der Waals surface area contributed by atoms with Gasteiger partial charge in [-0.1, -0.05) is 54.1 Å². The Morgan fingerprint density at radius 2 is 1.80 bits per heavy atom. The molecule has 1 N–H and O–H groups in total. The number of benzene rings is 2. The molecule has 2 bridgehead atoms. The van der Waals surface area contributed by atoms with E-state index in [1.54, 1.807) is 11.1 Å². The molecule has 2 heteroatoms. The van der Waals surface area contributed by atoms with Crippen molar-refractivity contribution in [3.05, 3.63) is 83.5 Å². The average molecular weight is 395 g/mol. The SMILES string of the molecule is C1=CC2(CCN(Cc3ccc4[nH]c5ccccc5c4c3)CC2)C2=CC3CC3C=C1C2.[HH]. The van der Waals surface area contributed by atoms with E-state index >= 15 is 0 Å². The maximum Gasteiger partial charge on any atom is 0.0465 e. The number of likely N-dealkylation sites (tertiary alicyclic amines) is 1. The lowest BCUT2D eigenvalue weighted by molar-refractivity contribution is 0.153. The first-order chi connectivity index (χ1) is 14.8. The first-order valence-corrected chi connectivity index (χ1v) is 11.6. The van der Waals surface area contributed by atoms with Crippen molar-refractivity contribution < 1.29 is 1.43 Å². The van der Waals surface area contributed by atoms with Gasteiger partial charge in [0.2, 0.25) is 0 Å². The summed E-state index contributed by atoms with van der Waals surface area (Å²) in [5.41, 5.74) is 7.56. The van der Waals surface area contributed by atoms with Crippen molar-refractivity contribution in [2.24, 2.45) is 17.3 Å². The van der Waals surface area contributed by atoms with E-state index in [2.05, 4.69) is 76.7 Å². The fraction of sp³-hybridized carbons (Fsp3) is 0.357. The second-order valence-corrected chi connectivity index (χ2v) is 9.99. The van der Waals surface area contributed by atoms with Crippen molar-refractivity contribution in [1.82, 2.24) is 9.88 Å². The maximum atomic E-state index is 3.55. The van der Waals surface area contributed by atoms with Crippen LogP contribution in [-0.2, 0) is 6.54 Å². The van der Waals surface area contributed by atoms with E-state index in [0.717, 1.165) is 18.4 Å². The summed E-state index contributed by atoms with van der Waals surface area (Å²) >= 11 is 0. The lowest BCUT2D eigenvalue weighted by Gasteiger charge is -2.44. The van der Waals surface area contributed by atoms with Gasteiger partial charge in [-0.3, -0.25) is 4.90 Å². The number of rotatable bonds is 2. The Kier molecular flexibility index (Phi) is 3.55. The lowest BCUT2D eigenvalue weighted by Crippen LogP contribution is -2.40. The number of piperidine rings is 1. The molecule has 2 fully saturated rings. The van der Waals surface area contributed by atoms with Gasteiger partial charge >= 0.3 is 0 Å². The van der Waals surface area contributed by atoms with E-state index in [1.807, 2.05) is 0 Å². The molecule has 30 heavy (non-hydrogen) atoms. The summed E-state index contributed by atoms with van der Waals surface area (Å²) in [5, 5.41) is 2.69. The number of hydrogen-bond acceptors (Lipinski definition) is 1. The second kappa shape index (κ2) is 6.21. The highest BCUT2D eigenvalue weighted by Crippen LogP contribution is 2.53. The van der Waals surface area contributed by atoms with Crippen LogP contribution < -0.4 is 0 Å². The predicted molar refractivity (Wildman–Crippen MR) is 126 cm³/mol. The molecule has 1 saturated heterocycles. The minimum atomic E-state index is 0. The molecule has 2 heterocycles. The predicted octanol–water partition coefficient (Wildman–Crippen LogP) is 6.61. The van der Waals surface area contributed by atoms with Crippen LogP contribution in [0.2, 0.25) is 0 Å². The number of para-hydroxylation sites is 1. The van der Waals surface area contributed by atoms with E-state index in [4.69, 9.17) is 0 Å². The monoisotopic (exact) mass is 394 g/mol. The van der Waals surface area contributed by atoms with Gasteiger partial charge in [0, 0.05) is 35.2 Å². The summed E-state index contributed by atoms with van der Waals surface area (Å²) in [5.74, 6) is 1.69. The van der Waals surface area contributed by atoms with Gasteiger partial charge in [-0.15, -0.1) is 0 Å². The molecule has 7 rings (SSSR count).